The van der Waals surface area contributed by atoms with Crippen molar-refractivity contribution >= 4 is 16.3 Å². The highest BCUT2D eigenvalue weighted by Gasteiger charge is 2.26. The van der Waals surface area contributed by atoms with Gasteiger partial charge in [0.15, 0.2) is 0 Å². The van der Waals surface area contributed by atoms with Gasteiger partial charge in [0.05, 0.1) is 12.7 Å². The van der Waals surface area contributed by atoms with E-state index in [2.05, 4.69) is 4.72 Å². The fraction of sp³-hybridized carbons (Fsp3) is 0.500. The van der Waals surface area contributed by atoms with Crippen molar-refractivity contribution in [2.24, 2.45) is 0 Å². The van der Waals surface area contributed by atoms with Gasteiger partial charge in [-0.2, -0.15) is 17.4 Å². The van der Waals surface area contributed by atoms with E-state index >= 15 is 0 Å². The van der Waals surface area contributed by atoms with Crippen LogP contribution in [0.3, 0.4) is 0 Å². The van der Waals surface area contributed by atoms with Gasteiger partial charge in [0.1, 0.15) is 24.7 Å². The third-order valence-corrected chi connectivity index (χ3v) is 7.38. The first-order chi connectivity index (χ1) is 17.9. The highest BCUT2D eigenvalue weighted by molar-refractivity contribution is 7.87. The van der Waals surface area contributed by atoms with Gasteiger partial charge >= 0.3 is 16.3 Å². The van der Waals surface area contributed by atoms with Gasteiger partial charge in [-0.3, -0.25) is 0 Å². The number of aryl methyl sites for hydroxylation is 1. The van der Waals surface area contributed by atoms with Crippen LogP contribution in [-0.2, 0) is 32.5 Å². The Hall–Kier alpha value is -2.86. The number of carboxylic acid groups (broad SMARTS) is 1. The quantitative estimate of drug-likeness (QED) is 0.314. The van der Waals surface area contributed by atoms with Gasteiger partial charge in [0, 0.05) is 32.9 Å². The van der Waals surface area contributed by atoms with E-state index in [1.807, 2.05) is 36.4 Å². The molecule has 1 aliphatic heterocycles. The van der Waals surface area contributed by atoms with Crippen molar-refractivity contribution < 1.29 is 37.3 Å². The highest BCUT2D eigenvalue weighted by Crippen LogP contribution is 2.27. The summed E-state index contributed by atoms with van der Waals surface area (Å²) >= 11 is 0. The molecule has 0 aromatic heterocycles. The highest BCUT2D eigenvalue weighted by atomic mass is 32.2. The number of methoxy groups -OCH3 is 1. The molecule has 37 heavy (non-hydrogen) atoms. The Morgan fingerprint density at radius 2 is 1.95 bits per heavy atom. The first-order valence-corrected chi connectivity index (χ1v) is 13.9. The smallest absolute Gasteiger partial charge is 0.422 e. The molecular formula is C26H36N2O8S. The van der Waals surface area contributed by atoms with Gasteiger partial charge in [-0.15, -0.1) is 0 Å². The minimum atomic E-state index is -4.19. The van der Waals surface area contributed by atoms with Gasteiger partial charge in [-0.25, -0.2) is 4.79 Å². The average Bonchev–Trinajstić information content (AvgIpc) is 3.40. The van der Waals surface area contributed by atoms with Crippen molar-refractivity contribution in [3.63, 3.8) is 0 Å². The Morgan fingerprint density at radius 1 is 1.14 bits per heavy atom. The Labute approximate surface area is 218 Å². The molecular weight excluding hydrogens is 500 g/mol. The van der Waals surface area contributed by atoms with Crippen LogP contribution in [0.4, 0.5) is 4.79 Å². The van der Waals surface area contributed by atoms with E-state index in [0.717, 1.165) is 30.6 Å². The molecule has 1 heterocycles. The van der Waals surface area contributed by atoms with Gasteiger partial charge < -0.3 is 24.1 Å². The summed E-state index contributed by atoms with van der Waals surface area (Å²) in [6.45, 7) is 1.88. The maximum Gasteiger partial charge on any atom is 0.422 e. The Kier molecular flexibility index (Phi) is 11.5. The topological polar surface area (TPSA) is 124 Å². The molecule has 10 nitrogen and oxygen atoms in total. The Morgan fingerprint density at radius 3 is 2.65 bits per heavy atom. The fourth-order valence-electron chi connectivity index (χ4n) is 3.95. The molecule has 204 valence electrons. The van der Waals surface area contributed by atoms with Crippen molar-refractivity contribution in [2.45, 2.75) is 38.2 Å². The summed E-state index contributed by atoms with van der Waals surface area (Å²) in [5, 5.41) is 9.56. The lowest BCUT2D eigenvalue weighted by atomic mass is 10.1. The van der Waals surface area contributed by atoms with E-state index in [1.165, 1.54) is 0 Å². The summed E-state index contributed by atoms with van der Waals surface area (Å²) in [4.78, 5) is 11.7. The van der Waals surface area contributed by atoms with Gasteiger partial charge in [-0.05, 0) is 49.3 Å². The van der Waals surface area contributed by atoms with Crippen LogP contribution < -0.4 is 14.2 Å². The molecule has 1 amide bonds. The normalized spacial score (nSPS) is 15.4. The molecule has 0 bridgehead atoms. The minimum Gasteiger partial charge on any atom is -0.491 e. The second kappa shape index (κ2) is 14.8. The van der Waals surface area contributed by atoms with Crippen LogP contribution in [0, 0.1) is 0 Å². The molecule has 3 rings (SSSR count). The molecule has 0 saturated carbocycles. The van der Waals surface area contributed by atoms with Gasteiger partial charge in [0.2, 0.25) is 0 Å². The molecule has 11 heteroatoms. The number of nitrogens with zero attached hydrogens (tertiary/aromatic N) is 1. The number of ether oxygens (including phenoxy) is 4. The second-order valence-corrected chi connectivity index (χ2v) is 10.3. The van der Waals surface area contributed by atoms with Crippen LogP contribution in [0.15, 0.2) is 48.5 Å². The summed E-state index contributed by atoms with van der Waals surface area (Å²) in [5.74, 6) is 1.23. The molecule has 1 fully saturated rings. The molecule has 0 aliphatic carbocycles. The molecule has 1 atom stereocenters. The summed E-state index contributed by atoms with van der Waals surface area (Å²) < 4.78 is 50.6. The number of amides is 1. The molecule has 1 unspecified atom stereocenters. The molecule has 2 N–H and O–H groups in total. The number of carbonyl (C=O) groups is 1. The Bertz CT molecular complexity index is 1080. The molecule has 1 saturated heterocycles. The maximum absolute atomic E-state index is 12.7. The lowest BCUT2D eigenvalue weighted by molar-refractivity contribution is 0.0674. The molecule has 2 aromatic rings. The zero-order chi connectivity index (χ0) is 26.5. The van der Waals surface area contributed by atoms with E-state index in [9.17, 15) is 18.3 Å². The van der Waals surface area contributed by atoms with Gasteiger partial charge in [-0.1, -0.05) is 36.4 Å². The number of hydrogen-bond acceptors (Lipinski definition) is 7. The van der Waals surface area contributed by atoms with Crippen LogP contribution in [0.2, 0.25) is 0 Å². The van der Waals surface area contributed by atoms with Crippen LogP contribution >= 0.6 is 0 Å². The lowest BCUT2D eigenvalue weighted by Crippen LogP contribution is -2.44. The second-order valence-electron chi connectivity index (χ2n) is 8.65. The van der Waals surface area contributed by atoms with Crippen molar-refractivity contribution in [3.05, 3.63) is 59.7 Å². The zero-order valence-corrected chi connectivity index (χ0v) is 22.0. The van der Waals surface area contributed by atoms with Crippen molar-refractivity contribution in [3.8, 4) is 11.5 Å². The summed E-state index contributed by atoms with van der Waals surface area (Å²) in [6, 6.07) is 14.8. The maximum atomic E-state index is 12.7. The first-order valence-electron chi connectivity index (χ1n) is 12.4. The van der Waals surface area contributed by atoms with Crippen LogP contribution in [0.25, 0.3) is 0 Å². The monoisotopic (exact) mass is 536 g/mol. The summed E-state index contributed by atoms with van der Waals surface area (Å²) in [5.41, 5.74) is 1.79. The zero-order valence-electron chi connectivity index (χ0n) is 21.1. The number of benzene rings is 2. The van der Waals surface area contributed by atoms with E-state index in [1.54, 1.807) is 19.2 Å². The third kappa shape index (κ3) is 9.51. The average molecular weight is 537 g/mol. The molecule has 1 aliphatic rings. The third-order valence-electron chi connectivity index (χ3n) is 5.90. The van der Waals surface area contributed by atoms with E-state index in [-0.39, 0.29) is 25.6 Å². The fourth-order valence-corrected chi connectivity index (χ4v) is 5.04. The largest absolute Gasteiger partial charge is 0.491 e. The van der Waals surface area contributed by atoms with E-state index < -0.39 is 16.3 Å². The molecule has 0 radical (unpaired) electrons. The predicted molar refractivity (Wildman–Crippen MR) is 138 cm³/mol. The molecule has 0 spiro atoms. The number of hydrogen-bond donors (Lipinski definition) is 2. The van der Waals surface area contributed by atoms with E-state index in [4.69, 9.17) is 18.9 Å². The lowest BCUT2D eigenvalue weighted by Gasteiger charge is -2.20. The number of nitrogens with one attached hydrogen (secondary N) is 1. The Balaban J connectivity index is 1.59. The van der Waals surface area contributed by atoms with Crippen molar-refractivity contribution in [2.75, 3.05) is 46.6 Å². The summed E-state index contributed by atoms with van der Waals surface area (Å²) in [7, 11) is -2.59. The van der Waals surface area contributed by atoms with Crippen LogP contribution in [0.5, 0.6) is 11.5 Å². The predicted octanol–water partition coefficient (Wildman–Crippen LogP) is 3.26. The molecule has 2 aromatic carbocycles. The summed E-state index contributed by atoms with van der Waals surface area (Å²) in [6.07, 6.45) is 1.60. The van der Waals surface area contributed by atoms with Crippen molar-refractivity contribution in [1.82, 2.24) is 9.03 Å². The standard InChI is InChI=1S/C26H36N2O8S/c1-33-17-18-35-23-12-11-22(25(19-23)36-20-24-10-6-16-34-24)9-5-15-28(26(29)30)37(31,32)27-14-13-21-7-3-2-4-8-21/h2-4,7-8,11-12,19,24,27H,5-6,9-10,13-18,20H2,1H3,(H,29,30). The van der Waals surface area contributed by atoms with E-state index in [0.29, 0.717) is 48.5 Å². The number of rotatable bonds is 16. The van der Waals surface area contributed by atoms with Crippen molar-refractivity contribution in [1.29, 1.82) is 0 Å². The SMILES string of the molecule is COCCOc1ccc(CCCN(C(=O)O)S(=O)(=O)NCCc2ccccc2)c(OCC2CCCO2)c1. The van der Waals surface area contributed by atoms with Crippen LogP contribution in [-0.4, -0.2) is 76.7 Å². The van der Waals surface area contributed by atoms with Gasteiger partial charge in [0.25, 0.3) is 0 Å². The minimum absolute atomic E-state index is 0.0283. The van der Waals surface area contributed by atoms with Crippen LogP contribution in [0.1, 0.15) is 30.4 Å². The first kappa shape index (κ1) is 28.7.